The van der Waals surface area contributed by atoms with Crippen molar-refractivity contribution in [1.82, 2.24) is 20.4 Å². The van der Waals surface area contributed by atoms with E-state index in [9.17, 15) is 47.9 Å². The normalized spacial score (nSPS) is 20.4. The first kappa shape index (κ1) is 33.2. The largest absolute Gasteiger partial charge is 0.299 e. The van der Waals surface area contributed by atoms with Gasteiger partial charge < -0.3 is 0 Å². The first-order valence-corrected chi connectivity index (χ1v) is 16.2. The van der Waals surface area contributed by atoms with Crippen molar-refractivity contribution in [3.8, 4) is 0 Å². The number of carbonyl (C=O) groups excluding carboxylic acids is 10. The molecular formula is C35H32N4O10. The Kier molecular flexibility index (Phi) is 9.13. The van der Waals surface area contributed by atoms with Crippen LogP contribution in [0.5, 0.6) is 0 Å². The number of Topliss-reactive ketones (excluding diaryl/α,β-unsaturated/α-hetero) is 2. The molecule has 2 aromatic rings. The number of carbonyl (C=O) groups is 10. The van der Waals surface area contributed by atoms with Crippen LogP contribution in [0.3, 0.4) is 0 Å². The highest BCUT2D eigenvalue weighted by molar-refractivity contribution is 6.25. The molecule has 14 heteroatoms. The molecule has 0 aliphatic carbocycles. The number of piperidine rings is 2. The van der Waals surface area contributed by atoms with E-state index in [0.29, 0.717) is 30.4 Å². The van der Waals surface area contributed by atoms with Gasteiger partial charge in [0, 0.05) is 38.5 Å². The van der Waals surface area contributed by atoms with Crippen molar-refractivity contribution >= 4 is 58.8 Å². The smallest absolute Gasteiger partial charge is 0.262 e. The van der Waals surface area contributed by atoms with Crippen LogP contribution in [0.25, 0.3) is 0 Å². The molecule has 2 N–H and O–H groups in total. The number of amides is 8. The Morgan fingerprint density at radius 2 is 0.980 bits per heavy atom. The minimum absolute atomic E-state index is 0.000877. The summed E-state index contributed by atoms with van der Waals surface area (Å²) in [5, 5.41) is 4.31. The molecule has 4 aliphatic heterocycles. The summed E-state index contributed by atoms with van der Waals surface area (Å²) in [5.74, 6) is -5.32. The number of nitrogens with zero attached hydrogens (tertiary/aromatic N) is 2. The van der Waals surface area contributed by atoms with Gasteiger partial charge in [-0.25, -0.2) is 0 Å². The minimum atomic E-state index is -1.10. The van der Waals surface area contributed by atoms with Gasteiger partial charge in [0.05, 0.1) is 22.3 Å². The van der Waals surface area contributed by atoms with Crippen LogP contribution in [-0.4, -0.2) is 80.7 Å². The van der Waals surface area contributed by atoms with Crippen LogP contribution in [0.15, 0.2) is 36.4 Å². The second-order valence-electron chi connectivity index (χ2n) is 12.6. The lowest BCUT2D eigenvalue weighted by atomic mass is 9.95. The van der Waals surface area contributed by atoms with Crippen LogP contribution in [0.2, 0.25) is 0 Å². The zero-order valence-corrected chi connectivity index (χ0v) is 26.4. The Morgan fingerprint density at radius 3 is 1.37 bits per heavy atom. The SMILES string of the molecule is O=C(CCCCCC(=O)Cc1cccc2c1C(=O)N(C1CCC(=O)NC1=O)C2=O)Cc1cccc2c1C(=O)N(C1CCC(=O)NC1=O)C2=O. The third-order valence-corrected chi connectivity index (χ3v) is 9.30. The molecule has 2 fully saturated rings. The van der Waals surface area contributed by atoms with Crippen molar-refractivity contribution in [2.24, 2.45) is 0 Å². The van der Waals surface area contributed by atoms with E-state index in [4.69, 9.17) is 0 Å². The Bertz CT molecular complexity index is 1750. The molecule has 8 amide bonds. The second-order valence-corrected chi connectivity index (χ2v) is 12.6. The van der Waals surface area contributed by atoms with Crippen LogP contribution < -0.4 is 10.6 Å². The predicted octanol–water partition coefficient (Wildman–Crippen LogP) is 1.36. The molecule has 2 saturated heterocycles. The van der Waals surface area contributed by atoms with Gasteiger partial charge in [0.15, 0.2) is 0 Å². The molecular weight excluding hydrogens is 636 g/mol. The van der Waals surface area contributed by atoms with Gasteiger partial charge in [-0.2, -0.15) is 0 Å². The van der Waals surface area contributed by atoms with Gasteiger partial charge in [-0.3, -0.25) is 68.4 Å². The third-order valence-electron chi connectivity index (χ3n) is 9.30. The number of ketones is 2. The van der Waals surface area contributed by atoms with Crippen LogP contribution in [0.1, 0.15) is 110 Å². The molecule has 4 heterocycles. The number of nitrogens with one attached hydrogen (secondary N) is 2. The first-order chi connectivity index (χ1) is 23.5. The summed E-state index contributed by atoms with van der Waals surface area (Å²) in [4.78, 5) is 128. The zero-order chi connectivity index (χ0) is 35.0. The number of hydrogen-bond donors (Lipinski definition) is 2. The Balaban J connectivity index is 0.988. The van der Waals surface area contributed by atoms with Gasteiger partial charge in [0.25, 0.3) is 23.6 Å². The van der Waals surface area contributed by atoms with E-state index >= 15 is 0 Å². The van der Waals surface area contributed by atoms with Gasteiger partial charge in [0.1, 0.15) is 23.7 Å². The lowest BCUT2D eigenvalue weighted by molar-refractivity contribution is -0.137. The predicted molar refractivity (Wildman–Crippen MR) is 167 cm³/mol. The van der Waals surface area contributed by atoms with E-state index < -0.39 is 59.3 Å². The number of hydrogen-bond acceptors (Lipinski definition) is 10. The van der Waals surface area contributed by atoms with Crippen molar-refractivity contribution in [1.29, 1.82) is 0 Å². The highest BCUT2D eigenvalue weighted by Gasteiger charge is 2.47. The standard InChI is InChI=1S/C35H32N4O10/c40-20(16-18-6-4-10-22-28(18)34(48)38(32(22)46)24-12-14-26(42)36-30(24)44)8-2-1-3-9-21(41)17-19-7-5-11-23-29(19)35(49)39(33(23)47)25-13-15-27(43)37-31(25)45/h4-7,10-11,24-25H,1-3,8-9,12-17H2,(H,36,42,44)(H,37,43,45). The van der Waals surface area contributed by atoms with Crippen LogP contribution >= 0.6 is 0 Å². The summed E-state index contributed by atoms with van der Waals surface area (Å²) in [6.45, 7) is 0. The lowest BCUT2D eigenvalue weighted by Crippen LogP contribution is -2.54. The minimum Gasteiger partial charge on any atom is -0.299 e. The van der Waals surface area contributed by atoms with Gasteiger partial charge >= 0.3 is 0 Å². The van der Waals surface area contributed by atoms with Crippen LogP contribution in [0, 0.1) is 0 Å². The zero-order valence-electron chi connectivity index (χ0n) is 26.4. The average molecular weight is 669 g/mol. The molecule has 2 unspecified atom stereocenters. The molecule has 49 heavy (non-hydrogen) atoms. The summed E-state index contributed by atoms with van der Waals surface area (Å²) in [5.41, 5.74) is 1.15. The van der Waals surface area contributed by atoms with Crippen molar-refractivity contribution < 1.29 is 47.9 Å². The van der Waals surface area contributed by atoms with Gasteiger partial charge in [0.2, 0.25) is 23.6 Å². The highest BCUT2D eigenvalue weighted by Crippen LogP contribution is 2.32. The van der Waals surface area contributed by atoms with E-state index in [0.717, 1.165) is 9.80 Å². The molecule has 0 radical (unpaired) electrons. The molecule has 0 bridgehead atoms. The molecule has 14 nitrogen and oxygen atoms in total. The van der Waals surface area contributed by atoms with Crippen molar-refractivity contribution in [2.75, 3.05) is 0 Å². The average Bonchev–Trinajstić information content (AvgIpc) is 3.46. The Labute approximate surface area is 279 Å². The van der Waals surface area contributed by atoms with Crippen molar-refractivity contribution in [2.45, 2.75) is 82.7 Å². The van der Waals surface area contributed by atoms with Gasteiger partial charge in [-0.1, -0.05) is 30.7 Å². The fourth-order valence-electron chi connectivity index (χ4n) is 6.89. The highest BCUT2D eigenvalue weighted by atomic mass is 16.2. The molecule has 4 aliphatic rings. The maximum absolute atomic E-state index is 13.3. The fraction of sp³-hybridized carbons (Fsp3) is 0.371. The molecule has 2 atom stereocenters. The molecule has 0 saturated carbocycles. The maximum atomic E-state index is 13.3. The molecule has 0 aromatic heterocycles. The third kappa shape index (κ3) is 6.33. The monoisotopic (exact) mass is 668 g/mol. The molecule has 0 spiro atoms. The van der Waals surface area contributed by atoms with Gasteiger partial charge in [-0.05, 0) is 48.9 Å². The number of unbranched alkanes of at least 4 members (excludes halogenated alkanes) is 2. The molecule has 252 valence electrons. The Morgan fingerprint density at radius 1 is 0.571 bits per heavy atom. The number of fused-ring (bicyclic) bond motifs is 2. The summed E-state index contributed by atoms with van der Waals surface area (Å²) in [6, 6.07) is 7.07. The van der Waals surface area contributed by atoms with Crippen LogP contribution in [-0.2, 0) is 41.6 Å². The summed E-state index contributed by atoms with van der Waals surface area (Å²) in [7, 11) is 0. The molecule has 6 rings (SSSR count). The van der Waals surface area contributed by atoms with Crippen molar-refractivity contribution in [3.63, 3.8) is 0 Å². The second kappa shape index (κ2) is 13.5. The fourth-order valence-corrected chi connectivity index (χ4v) is 6.89. The Hall–Kier alpha value is -5.66. The van der Waals surface area contributed by atoms with Crippen LogP contribution in [0.4, 0.5) is 0 Å². The van der Waals surface area contributed by atoms with E-state index in [1.807, 2.05) is 0 Å². The van der Waals surface area contributed by atoms with E-state index in [1.54, 1.807) is 24.3 Å². The van der Waals surface area contributed by atoms with Gasteiger partial charge in [-0.15, -0.1) is 0 Å². The quantitative estimate of drug-likeness (QED) is 0.246. The van der Waals surface area contributed by atoms with E-state index in [1.165, 1.54) is 12.1 Å². The summed E-state index contributed by atoms with van der Waals surface area (Å²) >= 11 is 0. The summed E-state index contributed by atoms with van der Waals surface area (Å²) in [6.07, 6.45) is 1.74. The number of benzene rings is 2. The summed E-state index contributed by atoms with van der Waals surface area (Å²) < 4.78 is 0. The topological polar surface area (TPSA) is 201 Å². The number of rotatable bonds is 12. The molecule has 2 aromatic carbocycles. The lowest BCUT2D eigenvalue weighted by Gasteiger charge is -2.27. The first-order valence-electron chi connectivity index (χ1n) is 16.2. The van der Waals surface area contributed by atoms with Crippen molar-refractivity contribution in [3.05, 3.63) is 69.8 Å². The number of imide groups is 4. The van der Waals surface area contributed by atoms with E-state index in [2.05, 4.69) is 10.6 Å². The maximum Gasteiger partial charge on any atom is 0.262 e. The van der Waals surface area contributed by atoms with E-state index in [-0.39, 0.29) is 85.2 Å².